The fourth-order valence-corrected chi connectivity index (χ4v) is 9.62. The highest BCUT2D eigenvalue weighted by Gasteiger charge is 2.50. The number of hydrogen-bond donors (Lipinski definition) is 3. The van der Waals surface area contributed by atoms with Gasteiger partial charge in [0, 0.05) is 19.3 Å². The van der Waals surface area contributed by atoms with Crippen LogP contribution in [0.1, 0.15) is 290 Å². The summed E-state index contributed by atoms with van der Waals surface area (Å²) < 4.78 is 28.4. The molecule has 1 fully saturated rings. The highest BCUT2D eigenvalue weighted by molar-refractivity contribution is 5.74. The molecule has 0 bridgehead atoms. The molecule has 0 spiro atoms. The normalized spacial score (nSPS) is 18.3. The van der Waals surface area contributed by atoms with Crippen molar-refractivity contribution >= 4 is 23.9 Å². The molecule has 0 saturated carbocycles. The molecule has 6 atom stereocenters. The van der Waals surface area contributed by atoms with E-state index in [4.69, 9.17) is 23.7 Å². The van der Waals surface area contributed by atoms with Crippen LogP contribution < -0.4 is 0 Å². The van der Waals surface area contributed by atoms with Crippen molar-refractivity contribution in [3.8, 4) is 0 Å². The smallest absolute Gasteiger partial charge is 0.335 e. The number of esters is 3. The second-order valence-corrected chi connectivity index (χ2v) is 21.7. The summed E-state index contributed by atoms with van der Waals surface area (Å²) in [4.78, 5) is 51.2. The molecule has 0 amide bonds. The molecule has 12 nitrogen and oxygen atoms in total. The molecule has 1 aliphatic rings. The Morgan fingerprint density at radius 3 is 1.22 bits per heavy atom. The predicted octanol–water partition coefficient (Wildman–Crippen LogP) is 16.6. The summed E-state index contributed by atoms with van der Waals surface area (Å²) in [5.41, 5.74) is 0. The zero-order chi connectivity index (χ0) is 56.1. The molecule has 6 unspecified atom stereocenters. The van der Waals surface area contributed by atoms with Crippen molar-refractivity contribution in [3.05, 3.63) is 48.6 Å². The number of carboxylic acids is 1. The van der Waals surface area contributed by atoms with Crippen molar-refractivity contribution in [2.45, 2.75) is 327 Å². The van der Waals surface area contributed by atoms with Crippen LogP contribution in [-0.4, -0.2) is 89.2 Å². The number of aliphatic hydroxyl groups is 2. The van der Waals surface area contributed by atoms with Crippen LogP contribution in [0.3, 0.4) is 0 Å². The number of allylic oxidation sites excluding steroid dienone is 8. The lowest BCUT2D eigenvalue weighted by Gasteiger charge is -2.40. The number of aliphatic hydroxyl groups excluding tert-OH is 2. The molecule has 77 heavy (non-hydrogen) atoms. The van der Waals surface area contributed by atoms with Gasteiger partial charge < -0.3 is 39.0 Å². The van der Waals surface area contributed by atoms with Crippen molar-refractivity contribution < 1.29 is 58.2 Å². The first kappa shape index (κ1) is 71.7. The SMILES string of the molecule is CC/C=C\C/C=C\C/C=C\C/C=C\CCC(=O)OC1C(OCC(COC(=O)CCCCCCCCCCCCCCCCCCC)OC(=O)CCCCCCCCCCCCCCCCCCC)OC(C(=O)O)C(O)C1O. The molecular weight excluding hydrogens is 973 g/mol. The van der Waals surface area contributed by atoms with Gasteiger partial charge in [0.25, 0.3) is 0 Å². The van der Waals surface area contributed by atoms with Crippen molar-refractivity contribution in [2.24, 2.45) is 0 Å². The van der Waals surface area contributed by atoms with Crippen molar-refractivity contribution in [3.63, 3.8) is 0 Å². The number of rotatable bonds is 54. The fourth-order valence-electron chi connectivity index (χ4n) is 9.62. The molecule has 1 heterocycles. The summed E-state index contributed by atoms with van der Waals surface area (Å²) in [5, 5.41) is 31.5. The molecule has 0 aromatic heterocycles. The van der Waals surface area contributed by atoms with Gasteiger partial charge in [-0.05, 0) is 44.9 Å². The number of carbonyl (C=O) groups is 4. The van der Waals surface area contributed by atoms with Crippen LogP contribution in [0.25, 0.3) is 0 Å². The Labute approximate surface area is 469 Å². The lowest BCUT2D eigenvalue weighted by atomic mass is 9.98. The number of carboxylic acid groups (broad SMARTS) is 1. The number of unbranched alkanes of at least 4 members (excludes halogenated alkanes) is 32. The molecule has 0 aromatic rings. The number of hydrogen-bond acceptors (Lipinski definition) is 11. The van der Waals surface area contributed by atoms with E-state index in [1.54, 1.807) is 0 Å². The third-order valence-corrected chi connectivity index (χ3v) is 14.4. The molecule has 12 heteroatoms. The molecule has 446 valence electrons. The van der Waals surface area contributed by atoms with Crippen LogP contribution in [0.15, 0.2) is 48.6 Å². The molecule has 1 aliphatic heterocycles. The highest BCUT2D eigenvalue weighted by atomic mass is 16.7. The largest absolute Gasteiger partial charge is 0.479 e. The summed E-state index contributed by atoms with van der Waals surface area (Å²) in [5.74, 6) is -3.20. The monoisotopic (exact) mass is 1090 g/mol. The molecule has 3 N–H and O–H groups in total. The van der Waals surface area contributed by atoms with Gasteiger partial charge in [0.1, 0.15) is 18.8 Å². The van der Waals surface area contributed by atoms with Crippen LogP contribution in [0.4, 0.5) is 0 Å². The summed E-state index contributed by atoms with van der Waals surface area (Å²) in [7, 11) is 0. The Morgan fingerprint density at radius 1 is 0.442 bits per heavy atom. The van der Waals surface area contributed by atoms with Gasteiger partial charge in [0.2, 0.25) is 0 Å². The van der Waals surface area contributed by atoms with Gasteiger partial charge in [-0.1, -0.05) is 275 Å². The van der Waals surface area contributed by atoms with Crippen LogP contribution in [0.2, 0.25) is 0 Å². The Balaban J connectivity index is 2.68. The average molecular weight is 1090 g/mol. The van der Waals surface area contributed by atoms with E-state index >= 15 is 0 Å². The van der Waals surface area contributed by atoms with E-state index in [1.807, 2.05) is 18.2 Å². The maximum atomic E-state index is 13.2. The minimum atomic E-state index is -1.92. The Bertz CT molecular complexity index is 1520. The van der Waals surface area contributed by atoms with Gasteiger partial charge in [-0.25, -0.2) is 4.79 Å². The van der Waals surface area contributed by atoms with E-state index in [0.717, 1.165) is 57.8 Å². The van der Waals surface area contributed by atoms with Gasteiger partial charge in [-0.2, -0.15) is 0 Å². The summed E-state index contributed by atoms with van der Waals surface area (Å²) in [6.07, 6.45) is 52.4. The van der Waals surface area contributed by atoms with Crippen LogP contribution in [0, 0.1) is 0 Å². The Morgan fingerprint density at radius 2 is 0.818 bits per heavy atom. The van der Waals surface area contributed by atoms with Gasteiger partial charge >= 0.3 is 23.9 Å². The van der Waals surface area contributed by atoms with Crippen LogP contribution in [-0.2, 0) is 42.9 Å². The molecule has 0 radical (unpaired) electrons. The molecule has 1 rings (SSSR count). The first-order valence-corrected chi connectivity index (χ1v) is 31.6. The minimum absolute atomic E-state index is 0.0579. The molecular formula is C65H114O12. The highest BCUT2D eigenvalue weighted by Crippen LogP contribution is 2.26. The predicted molar refractivity (Wildman–Crippen MR) is 312 cm³/mol. The van der Waals surface area contributed by atoms with Crippen LogP contribution in [0.5, 0.6) is 0 Å². The second-order valence-electron chi connectivity index (χ2n) is 21.7. The Hall–Kier alpha value is -3.32. The number of ether oxygens (including phenoxy) is 5. The van der Waals surface area contributed by atoms with Crippen molar-refractivity contribution in [1.29, 1.82) is 0 Å². The van der Waals surface area contributed by atoms with E-state index in [-0.39, 0.29) is 25.9 Å². The number of aliphatic carboxylic acids is 1. The van der Waals surface area contributed by atoms with Crippen molar-refractivity contribution in [2.75, 3.05) is 13.2 Å². The van der Waals surface area contributed by atoms with E-state index in [2.05, 4.69) is 51.2 Å². The minimum Gasteiger partial charge on any atom is -0.479 e. The van der Waals surface area contributed by atoms with E-state index in [1.165, 1.54) is 167 Å². The topological polar surface area (TPSA) is 175 Å². The standard InChI is InChI=1S/C65H114O12/c1-4-7-10-13-16-19-22-25-27-29-31-34-36-39-42-45-48-51-57(66)73-54-56(75-58(67)52-49-46-43-40-38-35-32-30-28-26-23-20-17-14-11-8-5-2)55-74-65-63(61(70)60(69)62(77-65)64(71)72)76-59(68)53-50-47-44-41-37-33-24-21-18-15-12-9-6-3/h9,12,18,21,33,37,44,47,56,60-63,65,69-70H,4-8,10-11,13-17,19-20,22-32,34-36,38-43,45-46,48-55H2,1-3H3,(H,71,72)/b12-9-,21-18-,37-33-,47-44-. The quantitative estimate of drug-likeness (QED) is 0.0228. The van der Waals surface area contributed by atoms with Gasteiger partial charge in [-0.3, -0.25) is 14.4 Å². The van der Waals surface area contributed by atoms with E-state index in [0.29, 0.717) is 25.7 Å². The van der Waals surface area contributed by atoms with E-state index < -0.39 is 67.3 Å². The molecule has 0 aromatic carbocycles. The lowest BCUT2D eigenvalue weighted by molar-refractivity contribution is -0.301. The first-order valence-electron chi connectivity index (χ1n) is 31.6. The zero-order valence-electron chi connectivity index (χ0n) is 49.2. The number of carbonyl (C=O) groups excluding carboxylic acids is 3. The third-order valence-electron chi connectivity index (χ3n) is 14.4. The summed E-state index contributed by atoms with van der Waals surface area (Å²) in [6.45, 7) is 5.89. The summed E-state index contributed by atoms with van der Waals surface area (Å²) in [6, 6.07) is 0. The average Bonchev–Trinajstić information content (AvgIpc) is 3.42. The summed E-state index contributed by atoms with van der Waals surface area (Å²) >= 11 is 0. The third kappa shape index (κ3) is 43.2. The zero-order valence-corrected chi connectivity index (χ0v) is 49.2. The fraction of sp³-hybridized carbons (Fsp3) is 0.815. The lowest BCUT2D eigenvalue weighted by Crippen LogP contribution is -2.61. The second kappa shape index (κ2) is 53.3. The maximum absolute atomic E-state index is 13.2. The first-order chi connectivity index (χ1) is 37.6. The van der Waals surface area contributed by atoms with Gasteiger partial charge in [-0.15, -0.1) is 0 Å². The molecule has 1 saturated heterocycles. The van der Waals surface area contributed by atoms with Gasteiger partial charge in [0.15, 0.2) is 24.6 Å². The Kier molecular flexibility index (Phi) is 49.7. The molecule has 0 aliphatic carbocycles. The van der Waals surface area contributed by atoms with Crippen LogP contribution >= 0.6 is 0 Å². The van der Waals surface area contributed by atoms with Crippen molar-refractivity contribution in [1.82, 2.24) is 0 Å². The maximum Gasteiger partial charge on any atom is 0.335 e. The van der Waals surface area contributed by atoms with Gasteiger partial charge in [0.05, 0.1) is 6.61 Å². The van der Waals surface area contributed by atoms with E-state index in [9.17, 15) is 34.5 Å².